The first-order chi connectivity index (χ1) is 9.43. The van der Waals surface area contributed by atoms with E-state index in [9.17, 15) is 5.11 Å². The molecule has 1 N–H and O–H groups in total. The van der Waals surface area contributed by atoms with Crippen molar-refractivity contribution in [3.8, 4) is 5.75 Å². The van der Waals surface area contributed by atoms with Gasteiger partial charge in [-0.2, -0.15) is 0 Å². The zero-order valence-electron chi connectivity index (χ0n) is 12.4. The number of halogens is 1. The van der Waals surface area contributed by atoms with Crippen molar-refractivity contribution in [2.24, 2.45) is 5.92 Å². The quantitative estimate of drug-likeness (QED) is 0.925. The number of aliphatic hydroxyl groups is 1. The van der Waals surface area contributed by atoms with E-state index in [2.05, 4.69) is 13.8 Å². The predicted octanol–water partition coefficient (Wildman–Crippen LogP) is 3.46. The van der Waals surface area contributed by atoms with Crippen molar-refractivity contribution in [3.05, 3.63) is 28.8 Å². The standard InChI is InChI=1S/C16H23ClO3/c1-11(2)15-10-16(18,6-7-20-15)9-12-8-13(17)4-5-14(12)19-3/h4-5,8,11,15,18H,6-7,9-10H2,1-3H3. The number of methoxy groups -OCH3 is 1. The van der Waals surface area contributed by atoms with Gasteiger partial charge in [-0.3, -0.25) is 0 Å². The van der Waals surface area contributed by atoms with Crippen LogP contribution in [-0.2, 0) is 11.2 Å². The third kappa shape index (κ3) is 3.66. The molecule has 1 saturated heterocycles. The van der Waals surface area contributed by atoms with Crippen LogP contribution in [0.2, 0.25) is 5.02 Å². The van der Waals surface area contributed by atoms with Crippen molar-refractivity contribution in [2.45, 2.75) is 44.8 Å². The van der Waals surface area contributed by atoms with E-state index in [1.165, 1.54) is 0 Å². The first-order valence-corrected chi connectivity index (χ1v) is 7.48. The second-order valence-electron chi connectivity index (χ2n) is 5.96. The lowest BCUT2D eigenvalue weighted by Crippen LogP contribution is -2.44. The van der Waals surface area contributed by atoms with Crippen LogP contribution in [-0.4, -0.2) is 30.5 Å². The van der Waals surface area contributed by atoms with E-state index in [4.69, 9.17) is 21.1 Å². The smallest absolute Gasteiger partial charge is 0.122 e. The highest BCUT2D eigenvalue weighted by Gasteiger charge is 2.36. The largest absolute Gasteiger partial charge is 0.496 e. The van der Waals surface area contributed by atoms with Crippen LogP contribution >= 0.6 is 11.6 Å². The van der Waals surface area contributed by atoms with Gasteiger partial charge in [0.05, 0.1) is 18.8 Å². The van der Waals surface area contributed by atoms with Gasteiger partial charge < -0.3 is 14.6 Å². The Morgan fingerprint density at radius 1 is 1.50 bits per heavy atom. The van der Waals surface area contributed by atoms with E-state index in [1.807, 2.05) is 12.1 Å². The van der Waals surface area contributed by atoms with Crippen molar-refractivity contribution >= 4 is 11.6 Å². The second-order valence-corrected chi connectivity index (χ2v) is 6.40. The summed E-state index contributed by atoms with van der Waals surface area (Å²) in [5.41, 5.74) is 0.206. The molecule has 3 nitrogen and oxygen atoms in total. The Hall–Kier alpha value is -0.770. The molecule has 1 aromatic rings. The molecule has 1 aliphatic heterocycles. The highest BCUT2D eigenvalue weighted by Crippen LogP contribution is 2.34. The van der Waals surface area contributed by atoms with Crippen LogP contribution in [0.25, 0.3) is 0 Å². The maximum atomic E-state index is 10.9. The van der Waals surface area contributed by atoms with Gasteiger partial charge in [0.2, 0.25) is 0 Å². The van der Waals surface area contributed by atoms with Crippen molar-refractivity contribution in [1.29, 1.82) is 0 Å². The Bertz CT molecular complexity index is 461. The van der Waals surface area contributed by atoms with Gasteiger partial charge in [-0.25, -0.2) is 0 Å². The van der Waals surface area contributed by atoms with E-state index in [0.717, 1.165) is 11.3 Å². The number of hydrogen-bond acceptors (Lipinski definition) is 3. The predicted molar refractivity (Wildman–Crippen MR) is 80.5 cm³/mol. The minimum absolute atomic E-state index is 0.110. The van der Waals surface area contributed by atoms with Crippen molar-refractivity contribution in [2.75, 3.05) is 13.7 Å². The summed E-state index contributed by atoms with van der Waals surface area (Å²) in [5.74, 6) is 1.18. The third-order valence-electron chi connectivity index (χ3n) is 3.99. The molecule has 1 heterocycles. The van der Waals surface area contributed by atoms with E-state index in [-0.39, 0.29) is 6.10 Å². The number of hydrogen-bond donors (Lipinski definition) is 1. The van der Waals surface area contributed by atoms with Gasteiger partial charge in [-0.15, -0.1) is 0 Å². The average Bonchev–Trinajstić information content (AvgIpc) is 2.38. The van der Waals surface area contributed by atoms with Gasteiger partial charge in [0, 0.05) is 24.5 Å². The van der Waals surface area contributed by atoms with E-state index >= 15 is 0 Å². The lowest BCUT2D eigenvalue weighted by atomic mass is 9.82. The van der Waals surface area contributed by atoms with Crippen molar-refractivity contribution in [3.63, 3.8) is 0 Å². The Kier molecular flexibility index (Phi) is 4.95. The molecule has 1 aromatic carbocycles. The van der Waals surface area contributed by atoms with Crippen LogP contribution in [0.3, 0.4) is 0 Å². The molecule has 0 bridgehead atoms. The molecule has 0 saturated carbocycles. The zero-order valence-corrected chi connectivity index (χ0v) is 13.1. The maximum absolute atomic E-state index is 10.9. The summed E-state index contributed by atoms with van der Waals surface area (Å²) in [7, 11) is 1.64. The fourth-order valence-electron chi connectivity index (χ4n) is 2.76. The van der Waals surface area contributed by atoms with E-state index in [1.54, 1.807) is 13.2 Å². The van der Waals surface area contributed by atoms with Gasteiger partial charge in [0.15, 0.2) is 0 Å². The SMILES string of the molecule is COc1ccc(Cl)cc1CC1(O)CCOC(C(C)C)C1. The number of benzene rings is 1. The molecule has 2 rings (SSSR count). The van der Waals surface area contributed by atoms with Gasteiger partial charge in [0.25, 0.3) is 0 Å². The molecule has 1 aliphatic rings. The molecule has 2 atom stereocenters. The highest BCUT2D eigenvalue weighted by molar-refractivity contribution is 6.30. The van der Waals surface area contributed by atoms with Gasteiger partial charge in [-0.1, -0.05) is 25.4 Å². The minimum Gasteiger partial charge on any atom is -0.496 e. The van der Waals surface area contributed by atoms with Crippen LogP contribution in [0.4, 0.5) is 0 Å². The number of ether oxygens (including phenoxy) is 2. The van der Waals surface area contributed by atoms with Crippen LogP contribution in [0.5, 0.6) is 5.75 Å². The lowest BCUT2D eigenvalue weighted by molar-refractivity contribution is -0.116. The molecule has 0 spiro atoms. The normalized spacial score (nSPS) is 26.8. The molecule has 2 unspecified atom stereocenters. The van der Waals surface area contributed by atoms with E-state index < -0.39 is 5.60 Å². The topological polar surface area (TPSA) is 38.7 Å². The van der Waals surface area contributed by atoms with E-state index in [0.29, 0.717) is 36.8 Å². The number of rotatable bonds is 4. The van der Waals surface area contributed by atoms with Gasteiger partial charge >= 0.3 is 0 Å². The molecule has 0 aromatic heterocycles. The molecule has 1 fully saturated rings. The molecule has 0 amide bonds. The van der Waals surface area contributed by atoms with Crippen LogP contribution in [0.1, 0.15) is 32.3 Å². The minimum atomic E-state index is -0.745. The second kappa shape index (κ2) is 6.33. The first-order valence-electron chi connectivity index (χ1n) is 7.10. The third-order valence-corrected chi connectivity index (χ3v) is 4.22. The molecule has 0 radical (unpaired) electrons. The Balaban J connectivity index is 2.17. The summed E-state index contributed by atoms with van der Waals surface area (Å²) in [5, 5.41) is 11.5. The molecule has 4 heteroatoms. The molecule has 0 aliphatic carbocycles. The Labute approximate surface area is 125 Å². The maximum Gasteiger partial charge on any atom is 0.122 e. The van der Waals surface area contributed by atoms with Crippen molar-refractivity contribution < 1.29 is 14.6 Å². The van der Waals surface area contributed by atoms with Gasteiger partial charge in [0.1, 0.15) is 5.75 Å². The first kappa shape index (κ1) is 15.6. The monoisotopic (exact) mass is 298 g/mol. The highest BCUT2D eigenvalue weighted by atomic mass is 35.5. The lowest BCUT2D eigenvalue weighted by Gasteiger charge is -2.39. The Morgan fingerprint density at radius 2 is 2.25 bits per heavy atom. The summed E-state index contributed by atoms with van der Waals surface area (Å²) < 4.78 is 11.1. The Morgan fingerprint density at radius 3 is 2.90 bits per heavy atom. The summed E-state index contributed by atoms with van der Waals surface area (Å²) in [4.78, 5) is 0. The van der Waals surface area contributed by atoms with Crippen LogP contribution in [0.15, 0.2) is 18.2 Å². The summed E-state index contributed by atoms with van der Waals surface area (Å²) in [6.07, 6.45) is 1.95. The van der Waals surface area contributed by atoms with Gasteiger partial charge in [-0.05, 0) is 36.1 Å². The van der Waals surface area contributed by atoms with Crippen LogP contribution in [0, 0.1) is 5.92 Å². The molecular formula is C16H23ClO3. The summed E-state index contributed by atoms with van der Waals surface area (Å²) in [6, 6.07) is 5.52. The average molecular weight is 299 g/mol. The summed E-state index contributed by atoms with van der Waals surface area (Å²) in [6.45, 7) is 4.84. The molecular weight excluding hydrogens is 276 g/mol. The fourth-order valence-corrected chi connectivity index (χ4v) is 2.96. The fraction of sp³-hybridized carbons (Fsp3) is 0.625. The van der Waals surface area contributed by atoms with Crippen LogP contribution < -0.4 is 4.74 Å². The van der Waals surface area contributed by atoms with Crippen molar-refractivity contribution in [1.82, 2.24) is 0 Å². The summed E-state index contributed by atoms with van der Waals surface area (Å²) >= 11 is 6.05. The molecule has 112 valence electrons. The zero-order chi connectivity index (χ0) is 14.8. The molecule has 20 heavy (non-hydrogen) atoms.